The highest BCUT2D eigenvalue weighted by molar-refractivity contribution is 6.35. The number of anilines is 1. The Morgan fingerprint density at radius 1 is 1.04 bits per heavy atom. The minimum Gasteiger partial charge on any atom is -0.482 e. The second kappa shape index (κ2) is 9.30. The van der Waals surface area contributed by atoms with Crippen LogP contribution in [0.1, 0.15) is 16.1 Å². The normalized spacial score (nSPS) is 10.4. The van der Waals surface area contributed by atoms with Crippen LogP contribution >= 0.6 is 23.2 Å². The van der Waals surface area contributed by atoms with Gasteiger partial charge in [-0.3, -0.25) is 9.59 Å². The number of carbonyl (C=O) groups excluding carboxylic acids is 2. The highest BCUT2D eigenvalue weighted by Gasteiger charge is 2.10. The summed E-state index contributed by atoms with van der Waals surface area (Å²) in [5.74, 6) is 0.332. The molecule has 0 saturated heterocycles. The fraction of sp³-hybridized carbons (Fsp3) is 0.100. The summed E-state index contributed by atoms with van der Waals surface area (Å²) >= 11 is 11.8. The van der Waals surface area contributed by atoms with E-state index in [1.807, 2.05) is 0 Å². The molecule has 0 saturated carbocycles. The van der Waals surface area contributed by atoms with E-state index in [2.05, 4.69) is 10.6 Å². The van der Waals surface area contributed by atoms with Gasteiger partial charge in [0.1, 0.15) is 11.5 Å². The van der Waals surface area contributed by atoms with Crippen LogP contribution in [-0.4, -0.2) is 18.4 Å². The Kier molecular flexibility index (Phi) is 6.57. The lowest BCUT2D eigenvalue weighted by molar-refractivity contribution is -0.118. The number of hydrogen-bond donors (Lipinski definition) is 2. The van der Waals surface area contributed by atoms with Gasteiger partial charge in [-0.15, -0.1) is 0 Å². The van der Waals surface area contributed by atoms with E-state index in [-0.39, 0.29) is 25.0 Å². The van der Waals surface area contributed by atoms with Crippen molar-refractivity contribution in [2.24, 2.45) is 0 Å². The first kappa shape index (κ1) is 19.8. The summed E-state index contributed by atoms with van der Waals surface area (Å²) in [5, 5.41) is 6.21. The number of ether oxygens (including phenoxy) is 1. The van der Waals surface area contributed by atoms with Crippen molar-refractivity contribution in [3.63, 3.8) is 0 Å². The number of benzene rings is 2. The molecule has 0 aliphatic heterocycles. The molecule has 0 radical (unpaired) electrons. The molecule has 1 heterocycles. The van der Waals surface area contributed by atoms with E-state index < -0.39 is 0 Å². The first-order chi connectivity index (χ1) is 13.5. The molecule has 8 heteroatoms. The van der Waals surface area contributed by atoms with Crippen LogP contribution in [-0.2, 0) is 11.3 Å². The Labute approximate surface area is 171 Å². The summed E-state index contributed by atoms with van der Waals surface area (Å²) in [6.07, 6.45) is 1.54. The van der Waals surface area contributed by atoms with Crippen LogP contribution in [0.25, 0.3) is 0 Å². The summed E-state index contributed by atoms with van der Waals surface area (Å²) in [4.78, 5) is 24.3. The second-order valence-electron chi connectivity index (χ2n) is 5.75. The maximum absolute atomic E-state index is 12.2. The standard InChI is InChI=1S/C20H16Cl2N2O4/c21-14-6-7-18(17(22)10-14)28-12-19(25)24-15-4-1-3-13(9-15)20(26)23-11-16-5-2-8-27-16/h1-10H,11-12H2,(H,23,26)(H,24,25). The van der Waals surface area contributed by atoms with Crippen molar-refractivity contribution in [2.45, 2.75) is 6.54 Å². The van der Waals surface area contributed by atoms with Gasteiger partial charge in [-0.25, -0.2) is 0 Å². The van der Waals surface area contributed by atoms with Crippen LogP contribution in [0.4, 0.5) is 5.69 Å². The molecule has 1 aromatic heterocycles. The molecule has 3 aromatic rings. The molecule has 0 aliphatic rings. The predicted octanol–water partition coefficient (Wildman–Crippen LogP) is 4.53. The summed E-state index contributed by atoms with van der Waals surface area (Å²) < 4.78 is 10.6. The summed E-state index contributed by atoms with van der Waals surface area (Å²) in [5.41, 5.74) is 0.882. The van der Waals surface area contributed by atoms with E-state index in [0.29, 0.717) is 32.8 Å². The third-order valence-corrected chi connectivity index (χ3v) is 4.19. The fourth-order valence-corrected chi connectivity index (χ4v) is 2.82. The van der Waals surface area contributed by atoms with Gasteiger partial charge in [0.25, 0.3) is 11.8 Å². The first-order valence-electron chi connectivity index (χ1n) is 8.29. The molecule has 0 atom stereocenters. The molecule has 28 heavy (non-hydrogen) atoms. The summed E-state index contributed by atoms with van der Waals surface area (Å²) in [7, 11) is 0. The molecular formula is C20H16Cl2N2O4. The average Bonchev–Trinajstić information content (AvgIpc) is 3.19. The zero-order valence-electron chi connectivity index (χ0n) is 14.6. The lowest BCUT2D eigenvalue weighted by Crippen LogP contribution is -2.23. The summed E-state index contributed by atoms with van der Waals surface area (Å²) in [6.45, 7) is 0.0361. The lowest BCUT2D eigenvalue weighted by Gasteiger charge is -2.10. The maximum Gasteiger partial charge on any atom is 0.262 e. The van der Waals surface area contributed by atoms with Gasteiger partial charge in [-0.1, -0.05) is 29.3 Å². The third kappa shape index (κ3) is 5.52. The van der Waals surface area contributed by atoms with Crippen molar-refractivity contribution >= 4 is 40.7 Å². The van der Waals surface area contributed by atoms with Gasteiger partial charge in [0.2, 0.25) is 0 Å². The summed E-state index contributed by atoms with van der Waals surface area (Å²) in [6, 6.07) is 14.8. The van der Waals surface area contributed by atoms with Crippen molar-refractivity contribution in [3.05, 3.63) is 82.2 Å². The molecule has 6 nitrogen and oxygen atoms in total. The number of amides is 2. The Bertz CT molecular complexity index is 974. The Balaban J connectivity index is 1.54. The minimum atomic E-state index is -0.390. The van der Waals surface area contributed by atoms with E-state index in [1.54, 1.807) is 48.5 Å². The molecule has 0 unspecified atom stereocenters. The Morgan fingerprint density at radius 3 is 2.64 bits per heavy atom. The van der Waals surface area contributed by atoms with Gasteiger partial charge in [0.15, 0.2) is 6.61 Å². The zero-order chi connectivity index (χ0) is 19.9. The SMILES string of the molecule is O=C(COc1ccc(Cl)cc1Cl)Nc1cccc(C(=O)NCc2ccco2)c1. The zero-order valence-corrected chi connectivity index (χ0v) is 16.1. The van der Waals surface area contributed by atoms with Gasteiger partial charge in [0, 0.05) is 16.3 Å². The number of furan rings is 1. The van der Waals surface area contributed by atoms with Gasteiger partial charge >= 0.3 is 0 Å². The minimum absolute atomic E-state index is 0.240. The number of carbonyl (C=O) groups is 2. The molecule has 0 bridgehead atoms. The van der Waals surface area contributed by atoms with E-state index in [1.165, 1.54) is 12.3 Å². The molecule has 0 aliphatic carbocycles. The van der Waals surface area contributed by atoms with Crippen molar-refractivity contribution in [2.75, 3.05) is 11.9 Å². The van der Waals surface area contributed by atoms with Crippen molar-refractivity contribution < 1.29 is 18.7 Å². The van der Waals surface area contributed by atoms with Crippen molar-refractivity contribution in [1.29, 1.82) is 0 Å². The van der Waals surface area contributed by atoms with Crippen molar-refractivity contribution in [3.8, 4) is 5.75 Å². The van der Waals surface area contributed by atoms with Gasteiger partial charge in [0.05, 0.1) is 17.8 Å². The van der Waals surface area contributed by atoms with E-state index in [0.717, 1.165) is 0 Å². The van der Waals surface area contributed by atoms with Gasteiger partial charge in [-0.05, 0) is 48.5 Å². The van der Waals surface area contributed by atoms with E-state index >= 15 is 0 Å². The molecule has 2 N–H and O–H groups in total. The second-order valence-corrected chi connectivity index (χ2v) is 6.60. The number of nitrogens with one attached hydrogen (secondary N) is 2. The maximum atomic E-state index is 12.2. The van der Waals surface area contributed by atoms with Crippen LogP contribution in [0.15, 0.2) is 65.3 Å². The monoisotopic (exact) mass is 418 g/mol. The molecule has 2 amide bonds. The molecule has 0 fully saturated rings. The molecule has 3 rings (SSSR count). The van der Waals surface area contributed by atoms with E-state index in [9.17, 15) is 9.59 Å². The smallest absolute Gasteiger partial charge is 0.262 e. The number of halogens is 2. The van der Waals surface area contributed by atoms with Crippen LogP contribution in [0.5, 0.6) is 5.75 Å². The van der Waals surface area contributed by atoms with Crippen LogP contribution in [0.3, 0.4) is 0 Å². The van der Waals surface area contributed by atoms with Crippen molar-refractivity contribution in [1.82, 2.24) is 5.32 Å². The molecule has 0 spiro atoms. The van der Waals surface area contributed by atoms with Gasteiger partial charge in [-0.2, -0.15) is 0 Å². The van der Waals surface area contributed by atoms with Crippen LogP contribution < -0.4 is 15.4 Å². The highest BCUT2D eigenvalue weighted by Crippen LogP contribution is 2.27. The Hall–Kier alpha value is -2.96. The van der Waals surface area contributed by atoms with Gasteiger partial charge < -0.3 is 19.8 Å². The highest BCUT2D eigenvalue weighted by atomic mass is 35.5. The average molecular weight is 419 g/mol. The topological polar surface area (TPSA) is 80.6 Å². The molecule has 144 valence electrons. The fourth-order valence-electron chi connectivity index (χ4n) is 2.35. The van der Waals surface area contributed by atoms with Crippen LogP contribution in [0, 0.1) is 0 Å². The number of rotatable bonds is 7. The molecular weight excluding hydrogens is 403 g/mol. The quantitative estimate of drug-likeness (QED) is 0.590. The first-order valence-corrected chi connectivity index (χ1v) is 9.05. The Morgan fingerprint density at radius 2 is 1.89 bits per heavy atom. The van der Waals surface area contributed by atoms with Crippen LogP contribution in [0.2, 0.25) is 10.0 Å². The molecule has 2 aromatic carbocycles. The third-order valence-electron chi connectivity index (χ3n) is 3.66. The lowest BCUT2D eigenvalue weighted by atomic mass is 10.2. The largest absolute Gasteiger partial charge is 0.482 e. The predicted molar refractivity (Wildman–Crippen MR) is 107 cm³/mol. The number of hydrogen-bond acceptors (Lipinski definition) is 4. The van der Waals surface area contributed by atoms with E-state index in [4.69, 9.17) is 32.4 Å².